The van der Waals surface area contributed by atoms with Gasteiger partial charge < -0.3 is 15.4 Å². The van der Waals surface area contributed by atoms with E-state index in [1.165, 1.54) is 6.20 Å². The van der Waals surface area contributed by atoms with Crippen LogP contribution in [0, 0.1) is 0 Å². The predicted octanol–water partition coefficient (Wildman–Crippen LogP) is 1.34. The number of aromatic nitrogens is 1. The Bertz CT molecular complexity index is 414. The lowest BCUT2D eigenvalue weighted by Crippen LogP contribution is -2.45. The van der Waals surface area contributed by atoms with Crippen molar-refractivity contribution in [1.29, 1.82) is 0 Å². The first kappa shape index (κ1) is 14.7. The van der Waals surface area contributed by atoms with Gasteiger partial charge in [-0.25, -0.2) is 0 Å². The second-order valence-corrected chi connectivity index (χ2v) is 4.12. The number of ether oxygens (including phenoxy) is 1. The van der Waals surface area contributed by atoms with E-state index < -0.39 is 0 Å². The average Bonchev–Trinajstić information content (AvgIpc) is 2.38. The number of morpholine rings is 1. The van der Waals surface area contributed by atoms with Crippen LogP contribution in [-0.2, 0) is 4.74 Å². The Kier molecular flexibility index (Phi) is 5.37. The third-order valence-electron chi connectivity index (χ3n) is 2.97. The number of nitrogen functional groups attached to an aromatic ring is 1. The maximum Gasteiger partial charge on any atom is 0.257 e. The van der Waals surface area contributed by atoms with E-state index in [-0.39, 0.29) is 24.4 Å². The lowest BCUT2D eigenvalue weighted by atomic mass is 10.1. The van der Waals surface area contributed by atoms with Gasteiger partial charge in [0.2, 0.25) is 0 Å². The number of amides is 1. The number of rotatable bonds is 2. The summed E-state index contributed by atoms with van der Waals surface area (Å²) in [5, 5.41) is 0. The summed E-state index contributed by atoms with van der Waals surface area (Å²) in [4.78, 5) is 18.0. The van der Waals surface area contributed by atoms with Crippen LogP contribution in [0.25, 0.3) is 0 Å². The Hall–Kier alpha value is -1.33. The summed E-state index contributed by atoms with van der Waals surface area (Å²) < 4.78 is 5.53. The van der Waals surface area contributed by atoms with E-state index in [4.69, 9.17) is 10.5 Å². The van der Waals surface area contributed by atoms with Crippen LogP contribution in [0.4, 0.5) is 5.69 Å². The fourth-order valence-corrected chi connectivity index (χ4v) is 1.91. The Morgan fingerprint density at radius 3 is 3.11 bits per heavy atom. The Labute approximate surface area is 113 Å². The molecule has 1 amide bonds. The molecule has 0 aromatic carbocycles. The Balaban J connectivity index is 0.00000162. The number of carbonyl (C=O) groups is 1. The zero-order valence-corrected chi connectivity index (χ0v) is 11.2. The quantitative estimate of drug-likeness (QED) is 0.881. The van der Waals surface area contributed by atoms with Crippen LogP contribution in [0.5, 0.6) is 0 Å². The Morgan fingerprint density at radius 1 is 1.67 bits per heavy atom. The third kappa shape index (κ3) is 3.11. The first-order valence-corrected chi connectivity index (χ1v) is 5.82. The fraction of sp³-hybridized carbons (Fsp3) is 0.500. The highest BCUT2D eigenvalue weighted by Gasteiger charge is 2.25. The smallest absolute Gasteiger partial charge is 0.257 e. The minimum atomic E-state index is -0.0580. The van der Waals surface area contributed by atoms with Gasteiger partial charge in [0.15, 0.2) is 0 Å². The first-order chi connectivity index (χ1) is 8.22. The number of hydrogen-bond donors (Lipinski definition) is 1. The van der Waals surface area contributed by atoms with E-state index in [2.05, 4.69) is 11.9 Å². The van der Waals surface area contributed by atoms with Crippen molar-refractivity contribution < 1.29 is 9.53 Å². The van der Waals surface area contributed by atoms with Crippen LogP contribution in [0.2, 0.25) is 0 Å². The monoisotopic (exact) mass is 271 g/mol. The van der Waals surface area contributed by atoms with Crippen molar-refractivity contribution in [3.8, 4) is 0 Å². The van der Waals surface area contributed by atoms with Gasteiger partial charge in [0.1, 0.15) is 0 Å². The number of anilines is 1. The van der Waals surface area contributed by atoms with E-state index in [1.807, 2.05) is 0 Å². The van der Waals surface area contributed by atoms with Gasteiger partial charge >= 0.3 is 0 Å². The van der Waals surface area contributed by atoms with Gasteiger partial charge in [-0.2, -0.15) is 0 Å². The highest BCUT2D eigenvalue weighted by atomic mass is 35.5. The molecular weight excluding hydrogens is 254 g/mol. The molecule has 1 unspecified atom stereocenters. The fourth-order valence-electron chi connectivity index (χ4n) is 1.91. The number of halogens is 1. The standard InChI is InChI=1S/C12H17N3O2.ClH/c1-2-9-8-15(5-6-17-9)12(16)10-7-14-4-3-11(10)13;/h3-4,7,9H,2,5-6,8H2,1H3,(H2,13,14);1H. The molecule has 2 rings (SSSR count). The van der Waals surface area contributed by atoms with Crippen molar-refractivity contribution in [3.63, 3.8) is 0 Å². The van der Waals surface area contributed by atoms with Crippen LogP contribution < -0.4 is 5.73 Å². The molecule has 1 aliphatic rings. The molecule has 0 saturated carbocycles. The molecule has 6 heteroatoms. The van der Waals surface area contributed by atoms with Crippen molar-refractivity contribution in [3.05, 3.63) is 24.0 Å². The summed E-state index contributed by atoms with van der Waals surface area (Å²) in [6.07, 6.45) is 4.14. The normalized spacial score (nSPS) is 19.2. The molecular formula is C12H18ClN3O2. The van der Waals surface area contributed by atoms with Gasteiger partial charge in [-0.1, -0.05) is 6.92 Å². The number of nitrogens with two attached hydrogens (primary N) is 1. The van der Waals surface area contributed by atoms with Gasteiger partial charge in [0.05, 0.1) is 18.3 Å². The van der Waals surface area contributed by atoms with Crippen LogP contribution in [-0.4, -0.2) is 41.6 Å². The third-order valence-corrected chi connectivity index (χ3v) is 2.97. The molecule has 0 aliphatic carbocycles. The summed E-state index contributed by atoms with van der Waals surface area (Å²) in [6, 6.07) is 1.64. The van der Waals surface area contributed by atoms with Crippen LogP contribution in [0.15, 0.2) is 18.5 Å². The molecule has 0 spiro atoms. The Morgan fingerprint density at radius 2 is 2.44 bits per heavy atom. The van der Waals surface area contributed by atoms with Crippen molar-refractivity contribution in [1.82, 2.24) is 9.88 Å². The topological polar surface area (TPSA) is 68.5 Å². The number of carbonyl (C=O) groups excluding carboxylic acids is 1. The molecule has 2 heterocycles. The molecule has 2 N–H and O–H groups in total. The van der Waals surface area contributed by atoms with E-state index in [1.54, 1.807) is 17.2 Å². The lowest BCUT2D eigenvalue weighted by molar-refractivity contribution is -0.0226. The summed E-state index contributed by atoms with van der Waals surface area (Å²) in [7, 11) is 0. The van der Waals surface area contributed by atoms with Crippen molar-refractivity contribution in [2.24, 2.45) is 0 Å². The molecule has 1 aromatic rings. The van der Waals surface area contributed by atoms with E-state index in [0.717, 1.165) is 6.42 Å². The van der Waals surface area contributed by atoms with E-state index >= 15 is 0 Å². The van der Waals surface area contributed by atoms with E-state index in [9.17, 15) is 4.79 Å². The maximum atomic E-state index is 12.2. The first-order valence-electron chi connectivity index (χ1n) is 5.82. The number of hydrogen-bond acceptors (Lipinski definition) is 4. The molecule has 1 aliphatic heterocycles. The van der Waals surface area contributed by atoms with Crippen LogP contribution in [0.3, 0.4) is 0 Å². The molecule has 1 aromatic heterocycles. The summed E-state index contributed by atoms with van der Waals surface area (Å²) >= 11 is 0. The highest BCUT2D eigenvalue weighted by Crippen LogP contribution is 2.15. The molecule has 0 bridgehead atoms. The second kappa shape index (κ2) is 6.56. The molecule has 18 heavy (non-hydrogen) atoms. The summed E-state index contributed by atoms with van der Waals surface area (Å²) in [5.74, 6) is -0.0580. The maximum absolute atomic E-state index is 12.2. The van der Waals surface area contributed by atoms with Gasteiger partial charge in [-0.3, -0.25) is 9.78 Å². The zero-order valence-electron chi connectivity index (χ0n) is 10.3. The molecule has 0 radical (unpaired) electrons. The minimum absolute atomic E-state index is 0. The summed E-state index contributed by atoms with van der Waals surface area (Å²) in [6.45, 7) is 3.88. The second-order valence-electron chi connectivity index (χ2n) is 4.12. The van der Waals surface area contributed by atoms with Gasteiger partial charge in [0, 0.05) is 31.2 Å². The zero-order chi connectivity index (χ0) is 12.3. The van der Waals surface area contributed by atoms with Crippen LogP contribution in [0.1, 0.15) is 23.7 Å². The van der Waals surface area contributed by atoms with E-state index in [0.29, 0.717) is 30.9 Å². The summed E-state index contributed by atoms with van der Waals surface area (Å²) in [5.41, 5.74) is 6.73. The average molecular weight is 272 g/mol. The molecule has 5 nitrogen and oxygen atoms in total. The SMILES string of the molecule is CCC1CN(C(=O)c2cnccc2N)CCO1.Cl. The van der Waals surface area contributed by atoms with Gasteiger partial charge in [-0.15, -0.1) is 12.4 Å². The van der Waals surface area contributed by atoms with Gasteiger partial charge in [-0.05, 0) is 12.5 Å². The molecule has 1 fully saturated rings. The number of nitrogens with zero attached hydrogens (tertiary/aromatic N) is 2. The van der Waals surface area contributed by atoms with Crippen molar-refractivity contribution >= 4 is 24.0 Å². The van der Waals surface area contributed by atoms with Crippen molar-refractivity contribution in [2.75, 3.05) is 25.4 Å². The predicted molar refractivity (Wildman–Crippen MR) is 71.8 cm³/mol. The molecule has 100 valence electrons. The lowest BCUT2D eigenvalue weighted by Gasteiger charge is -2.32. The van der Waals surface area contributed by atoms with Gasteiger partial charge in [0.25, 0.3) is 5.91 Å². The highest BCUT2D eigenvalue weighted by molar-refractivity contribution is 5.98. The van der Waals surface area contributed by atoms with Crippen molar-refractivity contribution in [2.45, 2.75) is 19.4 Å². The number of pyridine rings is 1. The molecule has 1 atom stereocenters. The minimum Gasteiger partial charge on any atom is -0.398 e. The van der Waals surface area contributed by atoms with Crippen LogP contribution >= 0.6 is 12.4 Å². The largest absolute Gasteiger partial charge is 0.398 e. The molecule has 1 saturated heterocycles.